The standard InChI is InChI=1S/C27H25N5O6/c1-18-10-19(2)25(32(35)36)24(11-18)38-27(34)23-12-22(13-28-14-23)26(33)37-9-3-4-20-5-7-21(8-6-20)15-31-17-29-16-30-31/h3-8,11-14,16-17,24H,9-10,15H2,1-2H3/b4-3+. The van der Waals surface area contributed by atoms with Crippen molar-refractivity contribution < 1.29 is 24.0 Å². The van der Waals surface area contributed by atoms with Crippen molar-refractivity contribution in [3.05, 3.63) is 117 Å². The van der Waals surface area contributed by atoms with Crippen molar-refractivity contribution in [2.24, 2.45) is 0 Å². The molecule has 38 heavy (non-hydrogen) atoms. The van der Waals surface area contributed by atoms with Gasteiger partial charge in [-0.3, -0.25) is 15.1 Å². The fraction of sp³-hybridized carbons (Fsp3) is 0.222. The van der Waals surface area contributed by atoms with E-state index in [4.69, 9.17) is 9.47 Å². The first-order valence-electron chi connectivity index (χ1n) is 11.7. The quantitative estimate of drug-likeness (QED) is 0.179. The second-order valence-electron chi connectivity index (χ2n) is 8.74. The van der Waals surface area contributed by atoms with Crippen LogP contribution in [0.1, 0.15) is 52.1 Å². The molecule has 0 radical (unpaired) electrons. The summed E-state index contributed by atoms with van der Waals surface area (Å²) < 4.78 is 12.4. The molecule has 0 N–H and O–H groups in total. The molecule has 4 rings (SSSR count). The SMILES string of the molecule is CC1=CC(OC(=O)c2cncc(C(=O)OC/C=C/c3ccc(Cn4cncn4)cc3)c2)C([N+](=O)[O-])=C(C)C1. The number of hydrogen-bond donors (Lipinski definition) is 0. The summed E-state index contributed by atoms with van der Waals surface area (Å²) in [6.07, 6.45) is 10.0. The van der Waals surface area contributed by atoms with Gasteiger partial charge in [-0.1, -0.05) is 35.9 Å². The number of hydrogen-bond acceptors (Lipinski definition) is 9. The van der Waals surface area contributed by atoms with E-state index in [1.54, 1.807) is 30.1 Å². The van der Waals surface area contributed by atoms with Crippen molar-refractivity contribution in [1.29, 1.82) is 0 Å². The summed E-state index contributed by atoms with van der Waals surface area (Å²) in [7, 11) is 0. The minimum absolute atomic E-state index is 0.0105. The lowest BCUT2D eigenvalue weighted by atomic mass is 9.96. The van der Waals surface area contributed by atoms with E-state index in [9.17, 15) is 19.7 Å². The number of carbonyl (C=O) groups is 2. The molecule has 11 nitrogen and oxygen atoms in total. The maximum atomic E-state index is 12.7. The van der Waals surface area contributed by atoms with Gasteiger partial charge >= 0.3 is 11.9 Å². The molecular weight excluding hydrogens is 490 g/mol. The normalized spacial score (nSPS) is 15.3. The number of ether oxygens (including phenoxy) is 2. The summed E-state index contributed by atoms with van der Waals surface area (Å²) in [6, 6.07) is 9.11. The third-order valence-corrected chi connectivity index (χ3v) is 5.74. The Bertz CT molecular complexity index is 1420. The van der Waals surface area contributed by atoms with E-state index in [1.165, 1.54) is 24.8 Å². The van der Waals surface area contributed by atoms with Crippen LogP contribution >= 0.6 is 0 Å². The lowest BCUT2D eigenvalue weighted by Crippen LogP contribution is -2.26. The van der Waals surface area contributed by atoms with Gasteiger partial charge in [0.05, 0.1) is 22.6 Å². The van der Waals surface area contributed by atoms with E-state index in [0.29, 0.717) is 18.5 Å². The number of rotatable bonds is 9. The summed E-state index contributed by atoms with van der Waals surface area (Å²) in [5.41, 5.74) is 3.26. The second kappa shape index (κ2) is 11.9. The number of allylic oxidation sites excluding steroid dienone is 2. The summed E-state index contributed by atoms with van der Waals surface area (Å²) in [4.78, 5) is 43.9. The molecule has 1 aromatic carbocycles. The molecule has 1 atom stereocenters. The van der Waals surface area contributed by atoms with Crippen LogP contribution in [0.3, 0.4) is 0 Å². The van der Waals surface area contributed by atoms with Crippen molar-refractivity contribution in [2.45, 2.75) is 32.9 Å². The molecule has 194 valence electrons. The van der Waals surface area contributed by atoms with Gasteiger partial charge in [0.15, 0.2) is 0 Å². The Labute approximate surface area is 218 Å². The zero-order valence-electron chi connectivity index (χ0n) is 20.8. The molecule has 2 aromatic heterocycles. The van der Waals surface area contributed by atoms with Crippen LogP contribution < -0.4 is 0 Å². The van der Waals surface area contributed by atoms with Crippen LogP contribution in [0.2, 0.25) is 0 Å². The molecule has 0 spiro atoms. The number of carbonyl (C=O) groups excluding carboxylic acids is 2. The smallest absolute Gasteiger partial charge is 0.340 e. The third-order valence-electron chi connectivity index (χ3n) is 5.74. The highest BCUT2D eigenvalue weighted by atomic mass is 16.6. The Hall–Kier alpha value is -4.93. The number of nitro groups is 1. The molecule has 0 saturated heterocycles. The van der Waals surface area contributed by atoms with Crippen LogP contribution in [0.25, 0.3) is 6.08 Å². The number of benzene rings is 1. The molecule has 1 unspecified atom stereocenters. The number of aromatic nitrogens is 4. The minimum Gasteiger partial charge on any atom is -0.458 e. The molecule has 0 saturated carbocycles. The fourth-order valence-electron chi connectivity index (χ4n) is 3.97. The Morgan fingerprint density at radius 3 is 2.55 bits per heavy atom. The molecule has 0 fully saturated rings. The van der Waals surface area contributed by atoms with Gasteiger partial charge < -0.3 is 9.47 Å². The minimum atomic E-state index is -1.12. The predicted molar refractivity (Wildman–Crippen MR) is 136 cm³/mol. The molecule has 0 bridgehead atoms. The van der Waals surface area contributed by atoms with Crippen LogP contribution in [-0.2, 0) is 16.0 Å². The van der Waals surface area contributed by atoms with Crippen molar-refractivity contribution in [3.8, 4) is 0 Å². The monoisotopic (exact) mass is 515 g/mol. The van der Waals surface area contributed by atoms with E-state index >= 15 is 0 Å². The van der Waals surface area contributed by atoms with Crippen LogP contribution in [0.4, 0.5) is 0 Å². The molecule has 11 heteroatoms. The number of pyridine rings is 1. The van der Waals surface area contributed by atoms with Gasteiger partial charge in [0.25, 0.3) is 5.70 Å². The molecule has 1 aliphatic rings. The molecule has 0 amide bonds. The Kier molecular flexibility index (Phi) is 8.17. The van der Waals surface area contributed by atoms with E-state index in [2.05, 4.69) is 15.1 Å². The van der Waals surface area contributed by atoms with E-state index in [0.717, 1.165) is 16.7 Å². The fourth-order valence-corrected chi connectivity index (χ4v) is 3.97. The zero-order chi connectivity index (χ0) is 27.1. The molecular formula is C27H25N5O6. The van der Waals surface area contributed by atoms with E-state index in [-0.39, 0.29) is 23.4 Å². The Morgan fingerprint density at radius 1 is 1.13 bits per heavy atom. The summed E-state index contributed by atoms with van der Waals surface area (Å²) in [6.45, 7) is 4.07. The summed E-state index contributed by atoms with van der Waals surface area (Å²) >= 11 is 0. The van der Waals surface area contributed by atoms with E-state index in [1.807, 2.05) is 37.3 Å². The topological polar surface area (TPSA) is 139 Å². The number of nitrogens with zero attached hydrogens (tertiary/aromatic N) is 5. The maximum Gasteiger partial charge on any atom is 0.340 e. The maximum absolute atomic E-state index is 12.7. The van der Waals surface area contributed by atoms with Gasteiger partial charge in [0.1, 0.15) is 19.3 Å². The molecule has 0 aliphatic heterocycles. The van der Waals surface area contributed by atoms with Crippen molar-refractivity contribution in [1.82, 2.24) is 19.7 Å². The number of esters is 2. The lowest BCUT2D eigenvalue weighted by Gasteiger charge is -2.19. The van der Waals surface area contributed by atoms with E-state index < -0.39 is 23.0 Å². The average Bonchev–Trinajstić information content (AvgIpc) is 3.40. The first-order chi connectivity index (χ1) is 18.3. The van der Waals surface area contributed by atoms with Gasteiger partial charge in [-0.05, 0) is 49.6 Å². The van der Waals surface area contributed by atoms with Gasteiger partial charge in [-0.2, -0.15) is 5.10 Å². The van der Waals surface area contributed by atoms with Gasteiger partial charge in [0.2, 0.25) is 6.10 Å². The van der Waals surface area contributed by atoms with Crippen LogP contribution in [-0.4, -0.2) is 49.3 Å². The Morgan fingerprint density at radius 2 is 1.87 bits per heavy atom. The Balaban J connectivity index is 1.32. The van der Waals surface area contributed by atoms with Crippen molar-refractivity contribution in [2.75, 3.05) is 6.61 Å². The first-order valence-corrected chi connectivity index (χ1v) is 11.7. The van der Waals surface area contributed by atoms with Crippen LogP contribution in [0, 0.1) is 10.1 Å². The zero-order valence-corrected chi connectivity index (χ0v) is 20.8. The molecule has 1 aliphatic carbocycles. The average molecular weight is 516 g/mol. The van der Waals surface area contributed by atoms with Gasteiger partial charge in [0, 0.05) is 18.0 Å². The van der Waals surface area contributed by atoms with Gasteiger partial charge in [-0.25, -0.2) is 19.3 Å². The van der Waals surface area contributed by atoms with Gasteiger partial charge in [-0.15, -0.1) is 0 Å². The van der Waals surface area contributed by atoms with Crippen molar-refractivity contribution in [3.63, 3.8) is 0 Å². The highest BCUT2D eigenvalue weighted by Crippen LogP contribution is 2.27. The largest absolute Gasteiger partial charge is 0.458 e. The highest BCUT2D eigenvalue weighted by molar-refractivity contribution is 5.95. The second-order valence-corrected chi connectivity index (χ2v) is 8.74. The van der Waals surface area contributed by atoms with Crippen LogP contribution in [0.5, 0.6) is 0 Å². The molecule has 2 heterocycles. The molecule has 3 aromatic rings. The predicted octanol–water partition coefficient (Wildman–Crippen LogP) is 4.02. The van der Waals surface area contributed by atoms with Crippen molar-refractivity contribution >= 4 is 18.0 Å². The lowest BCUT2D eigenvalue weighted by molar-refractivity contribution is -0.435. The summed E-state index contributed by atoms with van der Waals surface area (Å²) in [5, 5.41) is 15.6. The van der Waals surface area contributed by atoms with Crippen LogP contribution in [0.15, 0.2) is 84.4 Å². The summed E-state index contributed by atoms with van der Waals surface area (Å²) in [5.74, 6) is -1.50. The third kappa shape index (κ3) is 6.64. The highest BCUT2D eigenvalue weighted by Gasteiger charge is 2.33. The first kappa shape index (κ1) is 26.1.